The molecule has 2 aliphatic rings. The van der Waals surface area contributed by atoms with Crippen LogP contribution in [0, 0.1) is 17.8 Å². The maximum atomic E-state index is 12.8. The maximum absolute atomic E-state index is 12.8. The first-order valence-corrected chi connectivity index (χ1v) is 6.94. The lowest BCUT2D eigenvalue weighted by Gasteiger charge is -2.23. The van der Waals surface area contributed by atoms with Gasteiger partial charge in [-0.3, -0.25) is 0 Å². The van der Waals surface area contributed by atoms with Gasteiger partial charge in [0, 0.05) is 25.3 Å². The van der Waals surface area contributed by atoms with Crippen LogP contribution in [0.5, 0.6) is 0 Å². The molecule has 0 radical (unpaired) electrons. The van der Waals surface area contributed by atoms with E-state index in [1.807, 2.05) is 18.7 Å². The molecule has 1 unspecified atom stereocenters. The summed E-state index contributed by atoms with van der Waals surface area (Å²) in [5, 5.41) is 0. The van der Waals surface area contributed by atoms with E-state index in [4.69, 9.17) is 5.73 Å². The molecule has 1 saturated carbocycles. The van der Waals surface area contributed by atoms with Crippen molar-refractivity contribution in [2.24, 2.45) is 23.5 Å². The Bertz CT molecular complexity index is 496. The SMILES string of the molecule is CC(C)n1cc(C(F)(F)F)nc1N1C[C@@H]2C(CN)[C@@H]2C1. The zero-order chi connectivity index (χ0) is 14.7. The van der Waals surface area contributed by atoms with Crippen LogP contribution in [0.4, 0.5) is 19.1 Å². The number of hydrogen-bond donors (Lipinski definition) is 1. The summed E-state index contributed by atoms with van der Waals surface area (Å²) in [7, 11) is 0. The Kier molecular flexibility index (Phi) is 3.00. The molecule has 1 saturated heterocycles. The third kappa shape index (κ3) is 2.08. The van der Waals surface area contributed by atoms with Gasteiger partial charge in [0.05, 0.1) is 0 Å². The topological polar surface area (TPSA) is 47.1 Å². The van der Waals surface area contributed by atoms with Crippen molar-refractivity contribution in [2.75, 3.05) is 24.5 Å². The van der Waals surface area contributed by atoms with Gasteiger partial charge in [0.15, 0.2) is 5.69 Å². The Morgan fingerprint density at radius 2 is 1.95 bits per heavy atom. The zero-order valence-electron chi connectivity index (χ0n) is 11.6. The number of fused-ring (bicyclic) bond motifs is 1. The molecule has 2 heterocycles. The molecule has 0 bridgehead atoms. The summed E-state index contributed by atoms with van der Waals surface area (Å²) < 4.78 is 40.1. The Labute approximate surface area is 115 Å². The van der Waals surface area contributed by atoms with Gasteiger partial charge in [-0.05, 0) is 38.1 Å². The van der Waals surface area contributed by atoms with Gasteiger partial charge in [-0.15, -0.1) is 0 Å². The van der Waals surface area contributed by atoms with Crippen molar-refractivity contribution in [1.82, 2.24) is 9.55 Å². The molecule has 3 rings (SSSR count). The van der Waals surface area contributed by atoms with E-state index in [9.17, 15) is 13.2 Å². The lowest BCUT2D eigenvalue weighted by molar-refractivity contribution is -0.140. The van der Waals surface area contributed by atoms with E-state index < -0.39 is 11.9 Å². The van der Waals surface area contributed by atoms with Crippen LogP contribution in [-0.4, -0.2) is 29.2 Å². The van der Waals surface area contributed by atoms with Crippen molar-refractivity contribution in [1.29, 1.82) is 0 Å². The zero-order valence-corrected chi connectivity index (χ0v) is 11.6. The summed E-state index contributed by atoms with van der Waals surface area (Å²) >= 11 is 0. The Balaban J connectivity index is 1.85. The summed E-state index contributed by atoms with van der Waals surface area (Å²) in [6.45, 7) is 5.95. The highest BCUT2D eigenvalue weighted by molar-refractivity contribution is 5.39. The largest absolute Gasteiger partial charge is 0.434 e. The van der Waals surface area contributed by atoms with Gasteiger partial charge < -0.3 is 15.2 Å². The second kappa shape index (κ2) is 4.38. The normalized spacial score (nSPS) is 29.1. The van der Waals surface area contributed by atoms with Gasteiger partial charge in [-0.2, -0.15) is 13.2 Å². The number of anilines is 1. The highest BCUT2D eigenvalue weighted by atomic mass is 19.4. The molecule has 3 atom stereocenters. The minimum atomic E-state index is -4.39. The summed E-state index contributed by atoms with van der Waals surface area (Å²) in [6.07, 6.45) is -3.28. The van der Waals surface area contributed by atoms with Crippen LogP contribution in [0.3, 0.4) is 0 Å². The van der Waals surface area contributed by atoms with Gasteiger partial charge in [0.25, 0.3) is 0 Å². The third-order valence-corrected chi connectivity index (χ3v) is 4.49. The molecule has 1 aliphatic carbocycles. The molecule has 2 N–H and O–H groups in total. The quantitative estimate of drug-likeness (QED) is 0.927. The van der Waals surface area contributed by atoms with E-state index in [2.05, 4.69) is 4.98 Å². The minimum Gasteiger partial charge on any atom is -0.342 e. The van der Waals surface area contributed by atoms with Gasteiger partial charge in [-0.1, -0.05) is 0 Å². The molecule has 7 heteroatoms. The molecule has 2 fully saturated rings. The number of nitrogens with zero attached hydrogens (tertiary/aromatic N) is 3. The molecule has 1 aliphatic heterocycles. The van der Waals surface area contributed by atoms with E-state index in [-0.39, 0.29) is 6.04 Å². The van der Waals surface area contributed by atoms with Crippen LogP contribution >= 0.6 is 0 Å². The third-order valence-electron chi connectivity index (χ3n) is 4.49. The first-order valence-electron chi connectivity index (χ1n) is 6.94. The van der Waals surface area contributed by atoms with E-state index in [0.29, 0.717) is 30.2 Å². The minimum absolute atomic E-state index is 0.0455. The van der Waals surface area contributed by atoms with Crippen LogP contribution in [0.15, 0.2) is 6.20 Å². The van der Waals surface area contributed by atoms with Crippen LogP contribution in [-0.2, 0) is 6.18 Å². The van der Waals surface area contributed by atoms with Crippen LogP contribution in [0.1, 0.15) is 25.6 Å². The molecule has 0 aromatic carbocycles. The Hall–Kier alpha value is -1.24. The number of halogens is 3. The summed E-state index contributed by atoms with van der Waals surface area (Å²) in [4.78, 5) is 5.79. The van der Waals surface area contributed by atoms with Gasteiger partial charge in [0.1, 0.15) is 0 Å². The number of rotatable bonds is 3. The van der Waals surface area contributed by atoms with Crippen molar-refractivity contribution in [3.63, 3.8) is 0 Å². The fraction of sp³-hybridized carbons (Fsp3) is 0.769. The molecule has 4 nitrogen and oxygen atoms in total. The van der Waals surface area contributed by atoms with Crippen molar-refractivity contribution >= 4 is 5.95 Å². The number of alkyl halides is 3. The van der Waals surface area contributed by atoms with E-state index >= 15 is 0 Å². The number of aromatic nitrogens is 2. The second-order valence-electron chi connectivity index (χ2n) is 6.06. The maximum Gasteiger partial charge on any atom is 0.434 e. The predicted octanol–water partition coefficient (Wildman–Crippen LogP) is 2.12. The first-order chi connectivity index (χ1) is 9.32. The molecule has 0 spiro atoms. The van der Waals surface area contributed by atoms with Gasteiger partial charge >= 0.3 is 6.18 Å². The predicted molar refractivity (Wildman–Crippen MR) is 69.4 cm³/mol. The highest BCUT2D eigenvalue weighted by Crippen LogP contribution is 2.52. The molecular formula is C13H19F3N4. The van der Waals surface area contributed by atoms with Crippen LogP contribution < -0.4 is 10.6 Å². The average Bonchev–Trinajstić information content (AvgIpc) is 2.79. The summed E-state index contributed by atoms with van der Waals surface area (Å²) in [5.41, 5.74) is 4.85. The fourth-order valence-electron chi connectivity index (χ4n) is 3.30. The Morgan fingerprint density at radius 3 is 2.40 bits per heavy atom. The van der Waals surface area contributed by atoms with Crippen molar-refractivity contribution in [3.05, 3.63) is 11.9 Å². The van der Waals surface area contributed by atoms with Crippen molar-refractivity contribution in [2.45, 2.75) is 26.1 Å². The van der Waals surface area contributed by atoms with Crippen LogP contribution in [0.2, 0.25) is 0 Å². The Morgan fingerprint density at radius 1 is 1.35 bits per heavy atom. The molecule has 112 valence electrons. The number of hydrogen-bond acceptors (Lipinski definition) is 3. The molecule has 1 aromatic heterocycles. The van der Waals surface area contributed by atoms with E-state index in [1.165, 1.54) is 0 Å². The summed E-state index contributed by atoms with van der Waals surface area (Å²) in [5.74, 6) is 2.06. The standard InChI is InChI=1S/C13H19F3N4/c1-7(2)20-6-11(13(14,15)16)18-12(20)19-4-9-8(3-17)10(9)5-19/h6-10H,3-5,17H2,1-2H3/t8?,9-,10+. The van der Waals surface area contributed by atoms with Crippen LogP contribution in [0.25, 0.3) is 0 Å². The highest BCUT2D eigenvalue weighted by Gasteiger charge is 2.55. The molecule has 0 amide bonds. The second-order valence-corrected chi connectivity index (χ2v) is 6.06. The number of piperidine rings is 1. The molecular weight excluding hydrogens is 269 g/mol. The first kappa shape index (κ1) is 13.7. The molecule has 1 aromatic rings. The lowest BCUT2D eigenvalue weighted by atomic mass is 10.3. The fourth-order valence-corrected chi connectivity index (χ4v) is 3.30. The average molecular weight is 288 g/mol. The van der Waals surface area contributed by atoms with Crippen molar-refractivity contribution < 1.29 is 13.2 Å². The van der Waals surface area contributed by atoms with Gasteiger partial charge in [0.2, 0.25) is 5.95 Å². The van der Waals surface area contributed by atoms with Gasteiger partial charge in [-0.25, -0.2) is 4.98 Å². The van der Waals surface area contributed by atoms with E-state index in [1.54, 1.807) is 4.57 Å². The smallest absolute Gasteiger partial charge is 0.342 e. The van der Waals surface area contributed by atoms with E-state index in [0.717, 1.165) is 19.3 Å². The lowest BCUT2D eigenvalue weighted by Crippen LogP contribution is -2.28. The van der Waals surface area contributed by atoms with Crippen molar-refractivity contribution in [3.8, 4) is 0 Å². The summed E-state index contributed by atoms with van der Waals surface area (Å²) in [6, 6.07) is -0.0455. The number of imidazole rings is 1. The number of nitrogens with two attached hydrogens (primary N) is 1. The monoisotopic (exact) mass is 288 g/mol. The molecule has 20 heavy (non-hydrogen) atoms.